The molecule has 3 nitrogen and oxygen atoms in total. The fourth-order valence-corrected chi connectivity index (χ4v) is 2.31. The third kappa shape index (κ3) is 4.28. The van der Waals surface area contributed by atoms with E-state index < -0.39 is 5.97 Å². The van der Waals surface area contributed by atoms with Gasteiger partial charge in [0.15, 0.2) is 5.78 Å². The SMILES string of the molecule is O=C(CCCCc1ccccc1C(=O)[O-])c1ccccc1. The summed E-state index contributed by atoms with van der Waals surface area (Å²) in [7, 11) is 0. The van der Waals surface area contributed by atoms with E-state index in [2.05, 4.69) is 0 Å². The number of rotatable bonds is 7. The van der Waals surface area contributed by atoms with E-state index in [0.29, 0.717) is 12.8 Å². The Labute approximate surface area is 124 Å². The number of aromatic carboxylic acids is 1. The van der Waals surface area contributed by atoms with Gasteiger partial charge in [0.25, 0.3) is 0 Å². The molecule has 0 fully saturated rings. The first kappa shape index (κ1) is 15.0. The van der Waals surface area contributed by atoms with Crippen molar-refractivity contribution >= 4 is 11.8 Å². The van der Waals surface area contributed by atoms with Crippen LogP contribution in [0.5, 0.6) is 0 Å². The Kier molecular flexibility index (Phi) is 5.27. The minimum absolute atomic E-state index is 0.129. The molecule has 0 aliphatic rings. The van der Waals surface area contributed by atoms with Gasteiger partial charge in [-0.1, -0.05) is 54.6 Å². The van der Waals surface area contributed by atoms with Gasteiger partial charge >= 0.3 is 0 Å². The summed E-state index contributed by atoms with van der Waals surface area (Å²) < 4.78 is 0. The van der Waals surface area contributed by atoms with E-state index in [9.17, 15) is 14.7 Å². The fourth-order valence-electron chi connectivity index (χ4n) is 2.31. The van der Waals surface area contributed by atoms with E-state index in [4.69, 9.17) is 0 Å². The molecule has 0 amide bonds. The molecule has 0 bridgehead atoms. The Morgan fingerprint density at radius 3 is 2.24 bits per heavy atom. The Balaban J connectivity index is 1.83. The zero-order chi connectivity index (χ0) is 15.1. The van der Waals surface area contributed by atoms with Crippen LogP contribution in [0, 0.1) is 0 Å². The van der Waals surface area contributed by atoms with E-state index in [-0.39, 0.29) is 11.3 Å². The van der Waals surface area contributed by atoms with E-state index in [0.717, 1.165) is 24.0 Å². The van der Waals surface area contributed by atoms with Gasteiger partial charge in [-0.25, -0.2) is 0 Å². The molecule has 2 aromatic rings. The molecule has 0 unspecified atom stereocenters. The summed E-state index contributed by atoms with van der Waals surface area (Å²) in [6, 6.07) is 16.1. The maximum atomic E-state index is 11.9. The van der Waals surface area contributed by atoms with Crippen molar-refractivity contribution in [3.8, 4) is 0 Å². The number of Topliss-reactive ketones (excluding diaryl/α,β-unsaturated/α-hetero) is 1. The number of carboxylic acid groups (broad SMARTS) is 1. The van der Waals surface area contributed by atoms with Gasteiger partial charge in [0.2, 0.25) is 0 Å². The van der Waals surface area contributed by atoms with Crippen molar-refractivity contribution in [1.29, 1.82) is 0 Å². The van der Waals surface area contributed by atoms with Crippen LogP contribution in [-0.2, 0) is 6.42 Å². The van der Waals surface area contributed by atoms with Crippen LogP contribution in [0.2, 0.25) is 0 Å². The predicted molar refractivity (Wildman–Crippen MR) is 79.1 cm³/mol. The first-order valence-electron chi connectivity index (χ1n) is 7.06. The molecular weight excluding hydrogens is 264 g/mol. The molecule has 0 aromatic heterocycles. The van der Waals surface area contributed by atoms with E-state index in [1.54, 1.807) is 18.2 Å². The minimum atomic E-state index is -1.15. The molecule has 2 aromatic carbocycles. The second kappa shape index (κ2) is 7.39. The fraction of sp³-hybridized carbons (Fsp3) is 0.222. The number of ketones is 1. The second-order valence-corrected chi connectivity index (χ2v) is 4.94. The third-order valence-corrected chi connectivity index (χ3v) is 3.43. The predicted octanol–water partition coefficient (Wildman–Crippen LogP) is 2.65. The number of hydrogen-bond donors (Lipinski definition) is 0. The van der Waals surface area contributed by atoms with E-state index in [1.165, 1.54) is 0 Å². The van der Waals surface area contributed by atoms with Crippen LogP contribution >= 0.6 is 0 Å². The molecule has 0 heterocycles. The zero-order valence-corrected chi connectivity index (χ0v) is 11.7. The third-order valence-electron chi connectivity index (χ3n) is 3.43. The van der Waals surface area contributed by atoms with Crippen molar-refractivity contribution in [2.45, 2.75) is 25.7 Å². The highest BCUT2D eigenvalue weighted by atomic mass is 16.4. The van der Waals surface area contributed by atoms with Crippen molar-refractivity contribution < 1.29 is 14.7 Å². The highest BCUT2D eigenvalue weighted by molar-refractivity contribution is 5.95. The Hall–Kier alpha value is -2.42. The highest BCUT2D eigenvalue weighted by Gasteiger charge is 2.06. The number of unbranched alkanes of at least 4 members (excludes halogenated alkanes) is 1. The van der Waals surface area contributed by atoms with Crippen molar-refractivity contribution in [2.24, 2.45) is 0 Å². The average Bonchev–Trinajstić information content (AvgIpc) is 2.52. The van der Waals surface area contributed by atoms with Crippen molar-refractivity contribution in [2.75, 3.05) is 0 Å². The Morgan fingerprint density at radius 2 is 1.52 bits per heavy atom. The van der Waals surface area contributed by atoms with Gasteiger partial charge in [-0.15, -0.1) is 0 Å². The monoisotopic (exact) mass is 281 g/mol. The first-order chi connectivity index (χ1) is 10.2. The van der Waals surface area contributed by atoms with Crippen LogP contribution in [0.25, 0.3) is 0 Å². The number of hydrogen-bond acceptors (Lipinski definition) is 3. The zero-order valence-electron chi connectivity index (χ0n) is 11.7. The summed E-state index contributed by atoms with van der Waals surface area (Å²) in [6.45, 7) is 0. The van der Waals surface area contributed by atoms with Crippen molar-refractivity contribution in [3.05, 3.63) is 71.3 Å². The molecular formula is C18H17O3-. The van der Waals surface area contributed by atoms with Gasteiger partial charge in [-0.2, -0.15) is 0 Å². The molecule has 3 heteroatoms. The summed E-state index contributed by atoms with van der Waals surface area (Å²) in [4.78, 5) is 22.9. The van der Waals surface area contributed by atoms with Crippen LogP contribution in [0.3, 0.4) is 0 Å². The lowest BCUT2D eigenvalue weighted by Gasteiger charge is -2.09. The average molecular weight is 281 g/mol. The topological polar surface area (TPSA) is 57.2 Å². The van der Waals surface area contributed by atoms with Gasteiger partial charge in [-0.05, 0) is 24.8 Å². The lowest BCUT2D eigenvalue weighted by atomic mass is 9.99. The Morgan fingerprint density at radius 1 is 0.857 bits per heavy atom. The van der Waals surface area contributed by atoms with Crippen LogP contribution in [0.1, 0.15) is 45.5 Å². The van der Waals surface area contributed by atoms with E-state index in [1.807, 2.05) is 36.4 Å². The molecule has 0 atom stereocenters. The summed E-state index contributed by atoms with van der Waals surface area (Å²) in [5.74, 6) is -1.02. The Bertz CT molecular complexity index is 617. The summed E-state index contributed by atoms with van der Waals surface area (Å²) in [5, 5.41) is 11.0. The molecule has 0 aliphatic heterocycles. The number of aryl methyl sites for hydroxylation is 1. The maximum Gasteiger partial charge on any atom is 0.162 e. The van der Waals surface area contributed by atoms with Crippen LogP contribution in [-0.4, -0.2) is 11.8 Å². The van der Waals surface area contributed by atoms with Gasteiger partial charge in [0, 0.05) is 17.5 Å². The number of benzene rings is 2. The number of carboxylic acids is 1. The van der Waals surface area contributed by atoms with Gasteiger partial charge in [0.05, 0.1) is 5.97 Å². The van der Waals surface area contributed by atoms with Crippen LogP contribution in [0.15, 0.2) is 54.6 Å². The van der Waals surface area contributed by atoms with E-state index >= 15 is 0 Å². The lowest BCUT2D eigenvalue weighted by Crippen LogP contribution is -2.23. The summed E-state index contributed by atoms with van der Waals surface area (Å²) in [5.41, 5.74) is 1.74. The van der Waals surface area contributed by atoms with Crippen LogP contribution < -0.4 is 5.11 Å². The largest absolute Gasteiger partial charge is 0.545 e. The smallest absolute Gasteiger partial charge is 0.162 e. The molecule has 0 saturated carbocycles. The summed E-state index contributed by atoms with van der Waals surface area (Å²) in [6.07, 6.45) is 2.65. The molecule has 0 N–H and O–H groups in total. The highest BCUT2D eigenvalue weighted by Crippen LogP contribution is 2.13. The molecule has 0 radical (unpaired) electrons. The van der Waals surface area contributed by atoms with Crippen molar-refractivity contribution in [3.63, 3.8) is 0 Å². The standard InChI is InChI=1S/C18H18O3/c19-17(15-10-2-1-3-11-15)13-7-5-9-14-8-4-6-12-16(14)18(20)21/h1-4,6,8,10-12H,5,7,9,13H2,(H,20,21)/p-1. The molecule has 0 aliphatic carbocycles. The van der Waals surface area contributed by atoms with Crippen LogP contribution in [0.4, 0.5) is 0 Å². The number of carbonyl (C=O) groups excluding carboxylic acids is 2. The molecule has 0 saturated heterocycles. The molecule has 108 valence electrons. The maximum absolute atomic E-state index is 11.9. The van der Waals surface area contributed by atoms with Gasteiger partial charge in [0.1, 0.15) is 0 Å². The first-order valence-corrected chi connectivity index (χ1v) is 7.06. The number of carbonyl (C=O) groups is 2. The minimum Gasteiger partial charge on any atom is -0.545 e. The second-order valence-electron chi connectivity index (χ2n) is 4.94. The quantitative estimate of drug-likeness (QED) is 0.579. The van der Waals surface area contributed by atoms with Gasteiger partial charge in [-0.3, -0.25) is 4.79 Å². The molecule has 21 heavy (non-hydrogen) atoms. The normalized spacial score (nSPS) is 10.3. The lowest BCUT2D eigenvalue weighted by molar-refractivity contribution is -0.255. The summed E-state index contributed by atoms with van der Waals surface area (Å²) >= 11 is 0. The molecule has 2 rings (SSSR count). The van der Waals surface area contributed by atoms with Crippen molar-refractivity contribution in [1.82, 2.24) is 0 Å². The molecule has 0 spiro atoms. The van der Waals surface area contributed by atoms with Gasteiger partial charge < -0.3 is 9.90 Å².